The standard InChI is InChI=1S/C18H19FN2O4/c1-11-2-7-16(25-11)15(22)9-20-18(24)12-8-17(23)21(10-12)14-5-3-13(19)4-6-14/h2-7,12,15,22H,8-10H2,1H3,(H,20,24)/t12-,15-/m1/s1. The summed E-state index contributed by atoms with van der Waals surface area (Å²) < 4.78 is 18.3. The van der Waals surface area contributed by atoms with Gasteiger partial charge in [0.1, 0.15) is 23.4 Å². The fourth-order valence-electron chi connectivity index (χ4n) is 2.83. The van der Waals surface area contributed by atoms with Gasteiger partial charge in [-0.1, -0.05) is 0 Å². The maximum Gasteiger partial charge on any atom is 0.227 e. The number of nitrogens with one attached hydrogen (secondary N) is 1. The number of aliphatic hydroxyl groups is 1. The number of carbonyl (C=O) groups is 2. The van der Waals surface area contributed by atoms with E-state index in [4.69, 9.17) is 4.42 Å². The van der Waals surface area contributed by atoms with Gasteiger partial charge in [0.25, 0.3) is 0 Å². The molecule has 0 radical (unpaired) electrons. The van der Waals surface area contributed by atoms with Crippen molar-refractivity contribution in [1.29, 1.82) is 0 Å². The highest BCUT2D eigenvalue weighted by atomic mass is 19.1. The van der Waals surface area contributed by atoms with Crippen LogP contribution < -0.4 is 10.2 Å². The number of rotatable bonds is 5. The molecule has 7 heteroatoms. The zero-order chi connectivity index (χ0) is 18.0. The lowest BCUT2D eigenvalue weighted by molar-refractivity contribution is -0.126. The molecule has 2 N–H and O–H groups in total. The normalized spacial score (nSPS) is 18.4. The van der Waals surface area contributed by atoms with Crippen molar-refractivity contribution in [1.82, 2.24) is 5.32 Å². The van der Waals surface area contributed by atoms with Crippen LogP contribution >= 0.6 is 0 Å². The molecule has 6 nitrogen and oxygen atoms in total. The Labute approximate surface area is 144 Å². The zero-order valence-electron chi connectivity index (χ0n) is 13.7. The summed E-state index contributed by atoms with van der Waals surface area (Å²) >= 11 is 0. The average Bonchev–Trinajstić information content (AvgIpc) is 3.19. The average molecular weight is 346 g/mol. The van der Waals surface area contributed by atoms with Crippen molar-refractivity contribution < 1.29 is 23.5 Å². The third-order valence-corrected chi connectivity index (χ3v) is 4.19. The van der Waals surface area contributed by atoms with Gasteiger partial charge in [-0.25, -0.2) is 4.39 Å². The van der Waals surface area contributed by atoms with Crippen molar-refractivity contribution in [3.05, 3.63) is 53.7 Å². The molecule has 2 aromatic rings. The molecule has 25 heavy (non-hydrogen) atoms. The summed E-state index contributed by atoms with van der Waals surface area (Å²) in [6, 6.07) is 8.96. The lowest BCUT2D eigenvalue weighted by Gasteiger charge is -2.17. The van der Waals surface area contributed by atoms with E-state index in [1.165, 1.54) is 29.2 Å². The van der Waals surface area contributed by atoms with Crippen LogP contribution in [0, 0.1) is 18.7 Å². The van der Waals surface area contributed by atoms with Crippen LogP contribution in [-0.2, 0) is 9.59 Å². The van der Waals surface area contributed by atoms with Crippen molar-refractivity contribution in [2.24, 2.45) is 5.92 Å². The maximum atomic E-state index is 13.0. The van der Waals surface area contributed by atoms with E-state index in [2.05, 4.69) is 5.32 Å². The quantitative estimate of drug-likeness (QED) is 0.867. The molecule has 1 aromatic heterocycles. The van der Waals surface area contributed by atoms with Gasteiger partial charge in [0.2, 0.25) is 11.8 Å². The Balaban J connectivity index is 1.56. The van der Waals surface area contributed by atoms with Crippen LogP contribution in [0.1, 0.15) is 24.0 Å². The number of aryl methyl sites for hydroxylation is 1. The minimum absolute atomic E-state index is 0.00697. The number of halogens is 1. The van der Waals surface area contributed by atoms with E-state index in [0.717, 1.165) is 0 Å². The summed E-state index contributed by atoms with van der Waals surface area (Å²) in [5.41, 5.74) is 0.563. The fraction of sp³-hybridized carbons (Fsp3) is 0.333. The highest BCUT2D eigenvalue weighted by Gasteiger charge is 2.35. The summed E-state index contributed by atoms with van der Waals surface area (Å²) in [7, 11) is 0. The second-order valence-corrected chi connectivity index (χ2v) is 6.09. The monoisotopic (exact) mass is 346 g/mol. The molecule has 1 aliphatic heterocycles. The molecule has 2 heterocycles. The molecule has 0 aliphatic carbocycles. The molecular weight excluding hydrogens is 327 g/mol. The predicted molar refractivity (Wildman–Crippen MR) is 88.3 cm³/mol. The van der Waals surface area contributed by atoms with E-state index in [-0.39, 0.29) is 37.1 Å². The molecule has 3 rings (SSSR count). The highest BCUT2D eigenvalue weighted by molar-refractivity contribution is 6.00. The molecule has 1 saturated heterocycles. The zero-order valence-corrected chi connectivity index (χ0v) is 13.7. The first-order valence-electron chi connectivity index (χ1n) is 8.02. The highest BCUT2D eigenvalue weighted by Crippen LogP contribution is 2.25. The number of aliphatic hydroxyl groups excluding tert-OH is 1. The first kappa shape index (κ1) is 17.2. The van der Waals surface area contributed by atoms with Gasteiger partial charge in [-0.3, -0.25) is 9.59 Å². The molecule has 2 amide bonds. The smallest absolute Gasteiger partial charge is 0.227 e. The Morgan fingerprint density at radius 1 is 1.36 bits per heavy atom. The van der Waals surface area contributed by atoms with Crippen molar-refractivity contribution in [3.8, 4) is 0 Å². The molecule has 1 aliphatic rings. The van der Waals surface area contributed by atoms with Crippen LogP contribution in [0.25, 0.3) is 0 Å². The van der Waals surface area contributed by atoms with Gasteiger partial charge in [-0.05, 0) is 43.3 Å². The van der Waals surface area contributed by atoms with Crippen LogP contribution in [0.2, 0.25) is 0 Å². The van der Waals surface area contributed by atoms with Crippen LogP contribution in [0.4, 0.5) is 10.1 Å². The second kappa shape index (κ2) is 7.06. The molecule has 0 spiro atoms. The van der Waals surface area contributed by atoms with Gasteiger partial charge >= 0.3 is 0 Å². The molecule has 1 aromatic carbocycles. The number of furan rings is 1. The van der Waals surface area contributed by atoms with Crippen LogP contribution in [0.5, 0.6) is 0 Å². The van der Waals surface area contributed by atoms with Gasteiger partial charge in [-0.15, -0.1) is 0 Å². The molecule has 132 valence electrons. The van der Waals surface area contributed by atoms with Crippen molar-refractivity contribution in [2.75, 3.05) is 18.0 Å². The number of hydrogen-bond donors (Lipinski definition) is 2. The van der Waals surface area contributed by atoms with Gasteiger partial charge in [0.05, 0.1) is 12.5 Å². The maximum absolute atomic E-state index is 13.0. The SMILES string of the molecule is Cc1ccc([C@H](O)CNC(=O)[C@@H]2CC(=O)N(c3ccc(F)cc3)C2)o1. The van der Waals surface area contributed by atoms with Crippen molar-refractivity contribution >= 4 is 17.5 Å². The largest absolute Gasteiger partial charge is 0.464 e. The molecular formula is C18H19FN2O4. The summed E-state index contributed by atoms with van der Waals surface area (Å²) in [6.07, 6.45) is -0.859. The Morgan fingerprint density at radius 3 is 2.72 bits per heavy atom. The minimum Gasteiger partial charge on any atom is -0.464 e. The summed E-state index contributed by atoms with van der Waals surface area (Å²) in [6.45, 7) is 2.00. The predicted octanol–water partition coefficient (Wildman–Crippen LogP) is 1.93. The van der Waals surface area contributed by atoms with Crippen LogP contribution in [0.3, 0.4) is 0 Å². The van der Waals surface area contributed by atoms with Gasteiger partial charge < -0.3 is 19.7 Å². The number of nitrogens with zero attached hydrogens (tertiary/aromatic N) is 1. The number of amides is 2. The number of anilines is 1. The molecule has 0 unspecified atom stereocenters. The van der Waals surface area contributed by atoms with E-state index in [1.54, 1.807) is 19.1 Å². The van der Waals surface area contributed by atoms with E-state index in [0.29, 0.717) is 17.2 Å². The Hall–Kier alpha value is -2.67. The summed E-state index contributed by atoms with van der Waals surface area (Å²) in [4.78, 5) is 25.9. The van der Waals surface area contributed by atoms with E-state index < -0.39 is 12.0 Å². The lowest BCUT2D eigenvalue weighted by atomic mass is 10.1. The molecule has 2 atom stereocenters. The van der Waals surface area contributed by atoms with Crippen molar-refractivity contribution in [3.63, 3.8) is 0 Å². The number of carbonyl (C=O) groups excluding carboxylic acids is 2. The topological polar surface area (TPSA) is 82.8 Å². The van der Waals surface area contributed by atoms with Crippen LogP contribution in [-0.4, -0.2) is 30.0 Å². The van der Waals surface area contributed by atoms with Gasteiger partial charge in [0, 0.05) is 18.7 Å². The molecule has 0 saturated carbocycles. The van der Waals surface area contributed by atoms with E-state index >= 15 is 0 Å². The second-order valence-electron chi connectivity index (χ2n) is 6.09. The minimum atomic E-state index is -0.942. The molecule has 0 bridgehead atoms. The number of hydrogen-bond acceptors (Lipinski definition) is 4. The first-order valence-corrected chi connectivity index (χ1v) is 8.02. The summed E-state index contributed by atoms with van der Waals surface area (Å²) in [5, 5.41) is 12.7. The molecule has 1 fully saturated rings. The Kier molecular flexibility index (Phi) is 4.85. The third kappa shape index (κ3) is 3.88. The number of benzene rings is 1. The van der Waals surface area contributed by atoms with Crippen LogP contribution in [0.15, 0.2) is 40.8 Å². The van der Waals surface area contributed by atoms with E-state index in [9.17, 15) is 19.1 Å². The lowest BCUT2D eigenvalue weighted by Crippen LogP contribution is -2.35. The first-order chi connectivity index (χ1) is 11.9. The van der Waals surface area contributed by atoms with Gasteiger partial charge in [0.15, 0.2) is 0 Å². The Bertz CT molecular complexity index is 772. The fourth-order valence-corrected chi connectivity index (χ4v) is 2.83. The summed E-state index contributed by atoms with van der Waals surface area (Å²) in [5.74, 6) is -0.325. The Morgan fingerprint density at radius 2 is 2.08 bits per heavy atom. The third-order valence-electron chi connectivity index (χ3n) is 4.19. The van der Waals surface area contributed by atoms with E-state index in [1.807, 2.05) is 0 Å². The van der Waals surface area contributed by atoms with Gasteiger partial charge in [-0.2, -0.15) is 0 Å². The van der Waals surface area contributed by atoms with Crippen molar-refractivity contribution in [2.45, 2.75) is 19.4 Å².